The van der Waals surface area contributed by atoms with Crippen molar-refractivity contribution in [2.24, 2.45) is 10.1 Å². The van der Waals surface area contributed by atoms with Crippen molar-refractivity contribution in [3.63, 3.8) is 0 Å². The maximum absolute atomic E-state index is 11.5. The number of sulfonamides is 1. The second kappa shape index (κ2) is 8.36. The lowest BCUT2D eigenvalue weighted by molar-refractivity contribution is 0.205. The molecule has 1 saturated heterocycles. The van der Waals surface area contributed by atoms with Gasteiger partial charge in [-0.05, 0) is 23.8 Å². The lowest BCUT2D eigenvalue weighted by atomic mass is 10.2. The molecule has 2 heterocycles. The van der Waals surface area contributed by atoms with Gasteiger partial charge in [-0.1, -0.05) is 18.2 Å². The van der Waals surface area contributed by atoms with Crippen molar-refractivity contribution in [2.75, 3.05) is 20.1 Å². The Kier molecular flexibility index (Phi) is 5.92. The van der Waals surface area contributed by atoms with Crippen LogP contribution in [-0.4, -0.2) is 50.5 Å². The molecule has 27 heavy (non-hydrogen) atoms. The van der Waals surface area contributed by atoms with Crippen LogP contribution in [0.4, 0.5) is 0 Å². The standard InChI is InChI=1S/C18H23N5O3S/c1-20-18(22-12-14-5-4-6-16(11-14)27(19,24)25)23-10-8-15(13-23)26-17-7-2-3-9-21-17/h2-7,9,11,15H,8,10,12-13H2,1H3,(H,20,22)(H2,19,24,25). The number of nitrogens with one attached hydrogen (secondary N) is 1. The van der Waals surface area contributed by atoms with Crippen LogP contribution in [-0.2, 0) is 16.6 Å². The van der Waals surface area contributed by atoms with E-state index in [0.717, 1.165) is 24.5 Å². The van der Waals surface area contributed by atoms with Crippen LogP contribution in [0.1, 0.15) is 12.0 Å². The fourth-order valence-corrected chi connectivity index (χ4v) is 3.53. The first-order valence-corrected chi connectivity index (χ1v) is 10.2. The summed E-state index contributed by atoms with van der Waals surface area (Å²) in [7, 11) is -1.99. The molecular formula is C18H23N5O3S. The Balaban J connectivity index is 1.57. The quantitative estimate of drug-likeness (QED) is 0.582. The largest absolute Gasteiger partial charge is 0.472 e. The number of nitrogens with zero attached hydrogens (tertiary/aromatic N) is 3. The summed E-state index contributed by atoms with van der Waals surface area (Å²) in [5.74, 6) is 1.36. The molecule has 144 valence electrons. The van der Waals surface area contributed by atoms with E-state index in [-0.39, 0.29) is 11.0 Å². The molecule has 1 atom stereocenters. The number of hydrogen-bond acceptors (Lipinski definition) is 5. The maximum atomic E-state index is 11.5. The average molecular weight is 389 g/mol. The first-order chi connectivity index (χ1) is 13.0. The Morgan fingerprint density at radius 3 is 2.93 bits per heavy atom. The van der Waals surface area contributed by atoms with Crippen molar-refractivity contribution < 1.29 is 13.2 Å². The number of aliphatic imine (C=N–C) groups is 1. The van der Waals surface area contributed by atoms with Crippen molar-refractivity contribution in [2.45, 2.75) is 24.0 Å². The van der Waals surface area contributed by atoms with Crippen LogP contribution in [0.3, 0.4) is 0 Å². The second-order valence-electron chi connectivity index (χ2n) is 6.24. The van der Waals surface area contributed by atoms with Gasteiger partial charge in [0.15, 0.2) is 5.96 Å². The van der Waals surface area contributed by atoms with Gasteiger partial charge in [0.1, 0.15) is 6.10 Å². The summed E-state index contributed by atoms with van der Waals surface area (Å²) in [6, 6.07) is 12.1. The van der Waals surface area contributed by atoms with Crippen molar-refractivity contribution in [1.29, 1.82) is 0 Å². The molecule has 0 amide bonds. The predicted octanol–water partition coefficient (Wildman–Crippen LogP) is 0.958. The molecule has 9 heteroatoms. The van der Waals surface area contributed by atoms with E-state index in [1.165, 1.54) is 6.07 Å². The highest BCUT2D eigenvalue weighted by molar-refractivity contribution is 7.89. The number of benzene rings is 1. The molecule has 1 aromatic carbocycles. The molecule has 0 saturated carbocycles. The third-order valence-corrected chi connectivity index (χ3v) is 5.17. The molecule has 1 aromatic heterocycles. The molecule has 0 spiro atoms. The number of aromatic nitrogens is 1. The summed E-state index contributed by atoms with van der Waals surface area (Å²) < 4.78 is 28.9. The molecule has 2 aromatic rings. The number of likely N-dealkylation sites (tertiary alicyclic amines) is 1. The van der Waals surface area contributed by atoms with Crippen molar-refractivity contribution in [3.8, 4) is 5.88 Å². The zero-order valence-electron chi connectivity index (χ0n) is 15.1. The van der Waals surface area contributed by atoms with Gasteiger partial charge in [0.25, 0.3) is 0 Å². The summed E-state index contributed by atoms with van der Waals surface area (Å²) in [6.45, 7) is 1.96. The van der Waals surface area contributed by atoms with Gasteiger partial charge in [0.05, 0.1) is 11.4 Å². The fourth-order valence-electron chi connectivity index (χ4n) is 2.95. The van der Waals surface area contributed by atoms with Gasteiger partial charge in [-0.2, -0.15) is 0 Å². The molecule has 8 nitrogen and oxygen atoms in total. The van der Waals surface area contributed by atoms with Crippen LogP contribution in [0, 0.1) is 0 Å². The summed E-state index contributed by atoms with van der Waals surface area (Å²) in [5, 5.41) is 8.45. The summed E-state index contributed by atoms with van der Waals surface area (Å²) in [6.07, 6.45) is 2.63. The van der Waals surface area contributed by atoms with Gasteiger partial charge in [-0.3, -0.25) is 4.99 Å². The highest BCUT2D eigenvalue weighted by Crippen LogP contribution is 2.16. The molecule has 1 unspecified atom stereocenters. The van der Waals surface area contributed by atoms with Crippen LogP contribution in [0.2, 0.25) is 0 Å². The first kappa shape index (κ1) is 19.1. The van der Waals surface area contributed by atoms with E-state index in [4.69, 9.17) is 9.88 Å². The molecule has 0 aliphatic carbocycles. The number of ether oxygens (including phenoxy) is 1. The number of hydrogen-bond donors (Lipinski definition) is 2. The summed E-state index contributed by atoms with van der Waals surface area (Å²) in [5.41, 5.74) is 0.808. The van der Waals surface area contributed by atoms with Crippen LogP contribution in [0.15, 0.2) is 58.5 Å². The minimum Gasteiger partial charge on any atom is -0.472 e. The van der Waals surface area contributed by atoms with Crippen LogP contribution in [0.5, 0.6) is 5.88 Å². The SMILES string of the molecule is CN=C(NCc1cccc(S(N)(=O)=O)c1)N1CCC(Oc2ccccn2)C1. The number of primary sulfonamides is 1. The smallest absolute Gasteiger partial charge is 0.238 e. The number of pyridine rings is 1. The second-order valence-corrected chi connectivity index (χ2v) is 7.80. The molecule has 0 radical (unpaired) electrons. The zero-order valence-corrected chi connectivity index (χ0v) is 15.9. The first-order valence-electron chi connectivity index (χ1n) is 8.61. The number of guanidine groups is 1. The van der Waals surface area contributed by atoms with E-state index in [2.05, 4.69) is 20.2 Å². The highest BCUT2D eigenvalue weighted by atomic mass is 32.2. The van der Waals surface area contributed by atoms with E-state index in [1.807, 2.05) is 24.3 Å². The van der Waals surface area contributed by atoms with E-state index in [0.29, 0.717) is 19.0 Å². The fraction of sp³-hybridized carbons (Fsp3) is 0.333. The van der Waals surface area contributed by atoms with E-state index >= 15 is 0 Å². The van der Waals surface area contributed by atoms with Gasteiger partial charge in [-0.25, -0.2) is 18.5 Å². The lowest BCUT2D eigenvalue weighted by Gasteiger charge is -2.21. The minimum atomic E-state index is -3.71. The van der Waals surface area contributed by atoms with Gasteiger partial charge in [0, 0.05) is 38.8 Å². The molecule has 1 aliphatic rings. The molecule has 1 aliphatic heterocycles. The Hall–Kier alpha value is -2.65. The van der Waals surface area contributed by atoms with Crippen LogP contribution < -0.4 is 15.2 Å². The van der Waals surface area contributed by atoms with E-state index in [1.54, 1.807) is 25.4 Å². The van der Waals surface area contributed by atoms with Crippen molar-refractivity contribution in [3.05, 3.63) is 54.2 Å². The van der Waals surface area contributed by atoms with Crippen LogP contribution >= 0.6 is 0 Å². The van der Waals surface area contributed by atoms with Crippen molar-refractivity contribution >= 4 is 16.0 Å². The Labute approximate surface area is 159 Å². The summed E-state index contributed by atoms with van der Waals surface area (Å²) >= 11 is 0. The number of nitrogens with two attached hydrogens (primary N) is 1. The highest BCUT2D eigenvalue weighted by Gasteiger charge is 2.26. The zero-order chi connectivity index (χ0) is 19.3. The molecule has 3 rings (SSSR count). The molecule has 0 bridgehead atoms. The lowest BCUT2D eigenvalue weighted by Crippen LogP contribution is -2.40. The van der Waals surface area contributed by atoms with Crippen LogP contribution in [0.25, 0.3) is 0 Å². The molecule has 1 fully saturated rings. The maximum Gasteiger partial charge on any atom is 0.238 e. The molecular weight excluding hydrogens is 366 g/mol. The Bertz CT molecular complexity index is 902. The number of rotatable bonds is 5. The topological polar surface area (TPSA) is 110 Å². The summed E-state index contributed by atoms with van der Waals surface area (Å²) in [4.78, 5) is 10.7. The van der Waals surface area contributed by atoms with Gasteiger partial charge < -0.3 is 15.0 Å². The van der Waals surface area contributed by atoms with E-state index < -0.39 is 10.0 Å². The minimum absolute atomic E-state index is 0.0455. The normalized spacial score (nSPS) is 17.8. The molecule has 3 N–H and O–H groups in total. The Morgan fingerprint density at radius 2 is 2.22 bits per heavy atom. The van der Waals surface area contributed by atoms with Gasteiger partial charge in [0.2, 0.25) is 15.9 Å². The monoisotopic (exact) mass is 389 g/mol. The predicted molar refractivity (Wildman–Crippen MR) is 103 cm³/mol. The third-order valence-electron chi connectivity index (χ3n) is 4.26. The third kappa shape index (κ3) is 5.18. The van der Waals surface area contributed by atoms with E-state index in [9.17, 15) is 8.42 Å². The Morgan fingerprint density at radius 1 is 1.37 bits per heavy atom. The van der Waals surface area contributed by atoms with Gasteiger partial charge >= 0.3 is 0 Å². The average Bonchev–Trinajstić information content (AvgIpc) is 3.11. The van der Waals surface area contributed by atoms with Crippen molar-refractivity contribution in [1.82, 2.24) is 15.2 Å². The van der Waals surface area contributed by atoms with Gasteiger partial charge in [-0.15, -0.1) is 0 Å².